The number of hydrogen-bond acceptors (Lipinski definition) is 7. The first-order chi connectivity index (χ1) is 13.5. The Morgan fingerprint density at radius 1 is 1.07 bits per heavy atom. The largest absolute Gasteiger partial charge is 0.493 e. The molecule has 3 rings (SSSR count). The zero-order valence-electron chi connectivity index (χ0n) is 15.8. The minimum atomic E-state index is -1.03. The van der Waals surface area contributed by atoms with Crippen molar-refractivity contribution in [2.75, 3.05) is 26.1 Å². The Morgan fingerprint density at radius 2 is 1.79 bits per heavy atom. The Balaban J connectivity index is 1.58. The van der Waals surface area contributed by atoms with Gasteiger partial charge in [-0.15, -0.1) is 0 Å². The number of hydrogen-bond donors (Lipinski definition) is 1. The third-order valence-electron chi connectivity index (χ3n) is 4.08. The van der Waals surface area contributed by atoms with Gasteiger partial charge in [-0.1, -0.05) is 12.1 Å². The molecule has 8 heteroatoms. The predicted molar refractivity (Wildman–Crippen MR) is 100 cm³/mol. The lowest BCUT2D eigenvalue weighted by atomic mass is 10.2. The van der Waals surface area contributed by atoms with Gasteiger partial charge in [0.25, 0.3) is 5.91 Å². The van der Waals surface area contributed by atoms with Gasteiger partial charge in [0.1, 0.15) is 6.61 Å². The molecule has 28 heavy (non-hydrogen) atoms. The second kappa shape index (κ2) is 8.51. The van der Waals surface area contributed by atoms with Crippen LogP contribution in [0.5, 0.6) is 23.0 Å². The van der Waals surface area contributed by atoms with Crippen LogP contribution in [0.4, 0.5) is 5.69 Å². The minimum Gasteiger partial charge on any atom is -0.493 e. The maximum absolute atomic E-state index is 12.4. The van der Waals surface area contributed by atoms with Crippen LogP contribution in [0.15, 0.2) is 42.5 Å². The summed E-state index contributed by atoms with van der Waals surface area (Å²) in [6.07, 6.45) is -1.97. The molecule has 0 spiro atoms. The quantitative estimate of drug-likeness (QED) is 0.761. The van der Waals surface area contributed by atoms with E-state index in [-0.39, 0.29) is 6.61 Å². The molecule has 2 aromatic carbocycles. The van der Waals surface area contributed by atoms with Crippen LogP contribution in [0, 0.1) is 0 Å². The fourth-order valence-corrected chi connectivity index (χ4v) is 2.60. The van der Waals surface area contributed by atoms with Crippen LogP contribution < -0.4 is 24.3 Å². The van der Waals surface area contributed by atoms with Gasteiger partial charge in [-0.2, -0.15) is 0 Å². The summed E-state index contributed by atoms with van der Waals surface area (Å²) in [5, 5.41) is 2.67. The molecular weight excluding hydrogens is 366 g/mol. The lowest BCUT2D eigenvalue weighted by molar-refractivity contribution is -0.162. The summed E-state index contributed by atoms with van der Waals surface area (Å²) >= 11 is 0. The second-order valence-corrected chi connectivity index (χ2v) is 6.00. The molecule has 8 nitrogen and oxygen atoms in total. The molecule has 1 heterocycles. The molecule has 2 aromatic rings. The molecule has 0 radical (unpaired) electrons. The van der Waals surface area contributed by atoms with Gasteiger partial charge in [0, 0.05) is 11.8 Å². The van der Waals surface area contributed by atoms with E-state index in [0.29, 0.717) is 28.7 Å². The van der Waals surface area contributed by atoms with Gasteiger partial charge in [-0.3, -0.25) is 4.79 Å². The molecule has 0 fully saturated rings. The number of rotatable bonds is 6. The molecule has 1 aliphatic heterocycles. The summed E-state index contributed by atoms with van der Waals surface area (Å²) in [4.78, 5) is 24.7. The van der Waals surface area contributed by atoms with E-state index >= 15 is 0 Å². The Bertz CT molecular complexity index is 867. The molecule has 0 saturated heterocycles. The predicted octanol–water partition coefficient (Wildman–Crippen LogP) is 2.41. The average molecular weight is 387 g/mol. The summed E-state index contributed by atoms with van der Waals surface area (Å²) < 4.78 is 26.7. The van der Waals surface area contributed by atoms with E-state index in [4.69, 9.17) is 23.7 Å². The SMILES string of the molecule is COc1ccc(NC(=O)[C@H](C)OC(=O)[C@H]2COc3ccccc3O2)cc1OC. The number of ether oxygens (including phenoxy) is 5. The van der Waals surface area contributed by atoms with Crippen molar-refractivity contribution < 1.29 is 33.3 Å². The van der Waals surface area contributed by atoms with Crippen molar-refractivity contribution in [1.82, 2.24) is 0 Å². The molecule has 0 unspecified atom stereocenters. The number of fused-ring (bicyclic) bond motifs is 1. The second-order valence-electron chi connectivity index (χ2n) is 6.00. The van der Waals surface area contributed by atoms with Gasteiger partial charge in [0.2, 0.25) is 6.10 Å². The molecule has 2 atom stereocenters. The van der Waals surface area contributed by atoms with Crippen molar-refractivity contribution in [2.45, 2.75) is 19.1 Å². The van der Waals surface area contributed by atoms with Gasteiger partial charge in [0.15, 0.2) is 29.1 Å². The first-order valence-corrected chi connectivity index (χ1v) is 8.63. The van der Waals surface area contributed by atoms with Crippen molar-refractivity contribution in [3.8, 4) is 23.0 Å². The van der Waals surface area contributed by atoms with Crippen LogP contribution in [0.2, 0.25) is 0 Å². The van der Waals surface area contributed by atoms with Gasteiger partial charge >= 0.3 is 5.97 Å². The average Bonchev–Trinajstić information content (AvgIpc) is 2.73. The van der Waals surface area contributed by atoms with Crippen LogP contribution in [0.3, 0.4) is 0 Å². The van der Waals surface area contributed by atoms with Crippen LogP contribution in [-0.2, 0) is 14.3 Å². The maximum Gasteiger partial charge on any atom is 0.351 e. The number of para-hydroxylation sites is 2. The lowest BCUT2D eigenvalue weighted by Crippen LogP contribution is -2.41. The fourth-order valence-electron chi connectivity index (χ4n) is 2.60. The number of anilines is 1. The number of amides is 1. The first kappa shape index (κ1) is 19.3. The highest BCUT2D eigenvalue weighted by molar-refractivity contribution is 5.95. The fraction of sp³-hybridized carbons (Fsp3) is 0.300. The van der Waals surface area contributed by atoms with Gasteiger partial charge in [-0.05, 0) is 31.2 Å². The van der Waals surface area contributed by atoms with E-state index < -0.39 is 24.1 Å². The Hall–Kier alpha value is -3.42. The van der Waals surface area contributed by atoms with E-state index in [1.54, 1.807) is 42.5 Å². The third kappa shape index (κ3) is 4.28. The molecule has 148 valence electrons. The van der Waals surface area contributed by atoms with Gasteiger partial charge < -0.3 is 29.0 Å². The van der Waals surface area contributed by atoms with Crippen LogP contribution in [0.25, 0.3) is 0 Å². The summed E-state index contributed by atoms with van der Waals surface area (Å²) in [7, 11) is 3.02. The normalized spacial score (nSPS) is 15.9. The molecule has 0 aromatic heterocycles. The van der Waals surface area contributed by atoms with Crippen molar-refractivity contribution >= 4 is 17.6 Å². The molecule has 1 N–H and O–H groups in total. The van der Waals surface area contributed by atoms with Crippen LogP contribution >= 0.6 is 0 Å². The lowest BCUT2D eigenvalue weighted by Gasteiger charge is -2.25. The van der Waals surface area contributed by atoms with E-state index in [0.717, 1.165) is 0 Å². The molecule has 0 saturated carbocycles. The van der Waals surface area contributed by atoms with E-state index in [1.807, 2.05) is 0 Å². The van der Waals surface area contributed by atoms with Crippen molar-refractivity contribution in [3.63, 3.8) is 0 Å². The first-order valence-electron chi connectivity index (χ1n) is 8.63. The molecule has 0 aliphatic carbocycles. The van der Waals surface area contributed by atoms with Crippen molar-refractivity contribution in [3.05, 3.63) is 42.5 Å². The number of carbonyl (C=O) groups is 2. The Labute approximate surface area is 162 Å². The Kier molecular flexibility index (Phi) is 5.88. The van der Waals surface area contributed by atoms with E-state index in [2.05, 4.69) is 5.32 Å². The third-order valence-corrected chi connectivity index (χ3v) is 4.08. The number of methoxy groups -OCH3 is 2. The highest BCUT2D eigenvalue weighted by Gasteiger charge is 2.31. The smallest absolute Gasteiger partial charge is 0.351 e. The van der Waals surface area contributed by atoms with Crippen molar-refractivity contribution in [2.24, 2.45) is 0 Å². The van der Waals surface area contributed by atoms with E-state index in [1.165, 1.54) is 21.1 Å². The highest BCUT2D eigenvalue weighted by Crippen LogP contribution is 2.31. The molecule has 1 aliphatic rings. The van der Waals surface area contributed by atoms with Gasteiger partial charge in [0.05, 0.1) is 14.2 Å². The minimum absolute atomic E-state index is 0.0138. The summed E-state index contributed by atoms with van der Waals surface area (Å²) in [6.45, 7) is 1.49. The summed E-state index contributed by atoms with van der Waals surface area (Å²) in [6, 6.07) is 12.0. The van der Waals surface area contributed by atoms with E-state index in [9.17, 15) is 9.59 Å². The molecular formula is C20H21NO7. The number of benzene rings is 2. The summed E-state index contributed by atoms with van der Waals surface area (Å²) in [5.41, 5.74) is 0.483. The van der Waals surface area contributed by atoms with Crippen LogP contribution in [0.1, 0.15) is 6.92 Å². The molecule has 0 bridgehead atoms. The maximum atomic E-state index is 12.4. The zero-order chi connectivity index (χ0) is 20.1. The zero-order valence-corrected chi connectivity index (χ0v) is 15.8. The van der Waals surface area contributed by atoms with Crippen LogP contribution in [-0.4, -0.2) is 44.9 Å². The number of esters is 1. The highest BCUT2D eigenvalue weighted by atomic mass is 16.6. The monoisotopic (exact) mass is 387 g/mol. The van der Waals surface area contributed by atoms with Gasteiger partial charge in [-0.25, -0.2) is 4.79 Å². The number of nitrogens with one attached hydrogen (secondary N) is 1. The standard InChI is InChI=1S/C20H21NO7/c1-12(19(22)21-13-8-9-14(24-2)17(10-13)25-3)27-20(23)18-11-26-15-6-4-5-7-16(15)28-18/h4-10,12,18H,11H2,1-3H3,(H,21,22)/t12-,18+/m0/s1. The Morgan fingerprint density at radius 3 is 2.50 bits per heavy atom. The molecule has 1 amide bonds. The topological polar surface area (TPSA) is 92.3 Å². The van der Waals surface area contributed by atoms with Crippen molar-refractivity contribution in [1.29, 1.82) is 0 Å². The number of carbonyl (C=O) groups excluding carboxylic acids is 2. The summed E-state index contributed by atoms with van der Waals surface area (Å²) in [5.74, 6) is 0.858.